The van der Waals surface area contributed by atoms with Crippen LogP contribution in [-0.2, 0) is 4.74 Å². The lowest BCUT2D eigenvalue weighted by molar-refractivity contribution is 0.0167. The van der Waals surface area contributed by atoms with Gasteiger partial charge in [0.2, 0.25) is 0 Å². The molecule has 132 valence electrons. The highest BCUT2D eigenvalue weighted by Gasteiger charge is 2.26. The lowest BCUT2D eigenvalue weighted by Crippen LogP contribution is -2.42. The predicted molar refractivity (Wildman–Crippen MR) is 102 cm³/mol. The highest BCUT2D eigenvalue weighted by molar-refractivity contribution is 7.98. The Balaban J connectivity index is 1.83. The first kappa shape index (κ1) is 18.9. The smallest absolute Gasteiger partial charge is 0.410 e. The van der Waals surface area contributed by atoms with Crippen LogP contribution >= 0.6 is 11.8 Å². The van der Waals surface area contributed by atoms with Crippen LogP contribution < -0.4 is 0 Å². The summed E-state index contributed by atoms with van der Waals surface area (Å²) in [6.45, 7) is 7.35. The summed E-state index contributed by atoms with van der Waals surface area (Å²) in [5.41, 5.74) is 0.806. The molecule has 0 bridgehead atoms. The summed E-state index contributed by atoms with van der Waals surface area (Å²) in [6, 6.07) is 8.59. The van der Waals surface area contributed by atoms with E-state index in [-0.39, 0.29) is 6.09 Å². The summed E-state index contributed by atoms with van der Waals surface area (Å²) in [4.78, 5) is 15.3. The summed E-state index contributed by atoms with van der Waals surface area (Å²) in [5.74, 6) is 0.521. The molecule has 2 rings (SSSR count). The van der Waals surface area contributed by atoms with E-state index in [0.717, 1.165) is 25.9 Å². The number of rotatable bonds is 4. The predicted octanol–water partition coefficient (Wildman–Crippen LogP) is 5.46. The Morgan fingerprint density at radius 3 is 2.67 bits per heavy atom. The maximum absolute atomic E-state index is 12.2. The van der Waals surface area contributed by atoms with Crippen LogP contribution in [-0.4, -0.2) is 35.9 Å². The molecule has 1 aromatic rings. The largest absolute Gasteiger partial charge is 0.444 e. The number of amides is 1. The minimum absolute atomic E-state index is 0.177. The van der Waals surface area contributed by atoms with E-state index >= 15 is 0 Å². The number of nitrogens with zero attached hydrogens (tertiary/aromatic N) is 1. The van der Waals surface area contributed by atoms with Gasteiger partial charge in [-0.2, -0.15) is 0 Å². The summed E-state index contributed by atoms with van der Waals surface area (Å²) in [7, 11) is 0. The average Bonchev–Trinajstić information content (AvgIpc) is 2.54. The van der Waals surface area contributed by atoms with Crippen molar-refractivity contribution in [2.45, 2.75) is 50.5 Å². The number of piperidine rings is 1. The molecule has 0 aromatic heterocycles. The zero-order valence-electron chi connectivity index (χ0n) is 15.2. The molecule has 0 aliphatic carbocycles. The second kappa shape index (κ2) is 8.61. The van der Waals surface area contributed by atoms with Gasteiger partial charge in [0.1, 0.15) is 5.60 Å². The molecular formula is C20H29NO2S. The molecule has 0 spiro atoms. The van der Waals surface area contributed by atoms with Crippen LogP contribution in [0.25, 0.3) is 6.08 Å². The first-order valence-electron chi connectivity index (χ1n) is 8.66. The third-order valence-electron chi connectivity index (χ3n) is 4.07. The molecule has 1 aliphatic rings. The number of carbonyl (C=O) groups excluding carboxylic acids is 1. The molecule has 1 amide bonds. The number of allylic oxidation sites excluding steroid dienone is 1. The Bertz CT molecular complexity index is 560. The molecule has 0 radical (unpaired) electrons. The van der Waals surface area contributed by atoms with E-state index in [1.807, 2.05) is 25.7 Å². The summed E-state index contributed by atoms with van der Waals surface area (Å²) < 4.78 is 5.49. The van der Waals surface area contributed by atoms with Crippen LogP contribution in [0.15, 0.2) is 35.2 Å². The van der Waals surface area contributed by atoms with Gasteiger partial charge in [-0.1, -0.05) is 24.3 Å². The van der Waals surface area contributed by atoms with Crippen molar-refractivity contribution in [2.75, 3.05) is 19.3 Å². The quantitative estimate of drug-likeness (QED) is 0.677. The number of benzene rings is 1. The van der Waals surface area contributed by atoms with Crippen LogP contribution in [0.2, 0.25) is 0 Å². The molecule has 1 aliphatic heterocycles. The molecule has 0 N–H and O–H groups in total. The summed E-state index contributed by atoms with van der Waals surface area (Å²) in [5, 5.41) is 0. The van der Waals surface area contributed by atoms with Crippen LogP contribution in [0.5, 0.6) is 0 Å². The normalized spacial score (nSPS) is 18.8. The molecule has 1 saturated heterocycles. The van der Waals surface area contributed by atoms with Gasteiger partial charge < -0.3 is 9.64 Å². The third kappa shape index (κ3) is 6.23. The Morgan fingerprint density at radius 2 is 2.04 bits per heavy atom. The number of hydrogen-bond acceptors (Lipinski definition) is 3. The van der Waals surface area contributed by atoms with Gasteiger partial charge in [0.15, 0.2) is 0 Å². The van der Waals surface area contributed by atoms with E-state index in [0.29, 0.717) is 5.92 Å². The maximum Gasteiger partial charge on any atom is 0.410 e. The van der Waals surface area contributed by atoms with E-state index in [1.165, 1.54) is 16.9 Å². The van der Waals surface area contributed by atoms with Crippen LogP contribution in [0, 0.1) is 5.92 Å². The SMILES string of the molecule is CSc1ccc(C=CCC2CCCN(C(=O)OC(C)(C)C)C2)cc1. The number of likely N-dealkylation sites (tertiary alicyclic amines) is 1. The molecule has 1 aromatic carbocycles. The van der Waals surface area contributed by atoms with Crippen LogP contribution in [0.4, 0.5) is 4.79 Å². The van der Waals surface area contributed by atoms with Crippen molar-refractivity contribution in [1.29, 1.82) is 0 Å². The van der Waals surface area contributed by atoms with Gasteiger partial charge in [-0.05, 0) is 69.9 Å². The Morgan fingerprint density at radius 1 is 1.33 bits per heavy atom. The standard InChI is InChI=1S/C20H29NO2S/c1-20(2,3)23-19(22)21-14-6-9-17(15-21)8-5-7-16-10-12-18(24-4)13-11-16/h5,7,10-13,17H,6,8-9,14-15H2,1-4H3. The third-order valence-corrected chi connectivity index (χ3v) is 4.81. The second-order valence-electron chi connectivity index (χ2n) is 7.35. The van der Waals surface area contributed by atoms with Gasteiger partial charge in [0, 0.05) is 18.0 Å². The van der Waals surface area contributed by atoms with Gasteiger partial charge in [-0.15, -0.1) is 11.8 Å². The molecule has 1 heterocycles. The van der Waals surface area contributed by atoms with Crippen molar-refractivity contribution in [3.8, 4) is 0 Å². The van der Waals surface area contributed by atoms with E-state index in [1.54, 1.807) is 11.8 Å². The van der Waals surface area contributed by atoms with Gasteiger partial charge in [0.25, 0.3) is 0 Å². The highest BCUT2D eigenvalue weighted by Crippen LogP contribution is 2.23. The Kier molecular flexibility index (Phi) is 6.79. The van der Waals surface area contributed by atoms with Crippen molar-refractivity contribution in [2.24, 2.45) is 5.92 Å². The number of carbonyl (C=O) groups is 1. The summed E-state index contributed by atoms with van der Waals surface area (Å²) in [6.07, 6.45) is 9.56. The lowest BCUT2D eigenvalue weighted by atomic mass is 9.94. The van der Waals surface area contributed by atoms with Crippen molar-refractivity contribution in [1.82, 2.24) is 4.90 Å². The fraction of sp³-hybridized carbons (Fsp3) is 0.550. The highest BCUT2D eigenvalue weighted by atomic mass is 32.2. The van der Waals surface area contributed by atoms with Gasteiger partial charge >= 0.3 is 6.09 Å². The Labute approximate surface area is 150 Å². The molecule has 1 fully saturated rings. The fourth-order valence-corrected chi connectivity index (χ4v) is 3.27. The van der Waals surface area contributed by atoms with Crippen LogP contribution in [0.3, 0.4) is 0 Å². The molecule has 1 atom stereocenters. The molecule has 0 saturated carbocycles. The van der Waals surface area contributed by atoms with Crippen LogP contribution in [0.1, 0.15) is 45.6 Å². The topological polar surface area (TPSA) is 29.5 Å². The first-order chi connectivity index (χ1) is 11.4. The molecular weight excluding hydrogens is 318 g/mol. The lowest BCUT2D eigenvalue weighted by Gasteiger charge is -2.33. The van der Waals surface area contributed by atoms with Gasteiger partial charge in [-0.3, -0.25) is 0 Å². The van der Waals surface area contributed by atoms with E-state index in [9.17, 15) is 4.79 Å². The van der Waals surface area contributed by atoms with Gasteiger partial charge in [0.05, 0.1) is 0 Å². The molecule has 1 unspecified atom stereocenters. The minimum atomic E-state index is -0.424. The Hall–Kier alpha value is -1.42. The van der Waals surface area contributed by atoms with Crippen molar-refractivity contribution < 1.29 is 9.53 Å². The van der Waals surface area contributed by atoms with E-state index in [2.05, 4.69) is 42.7 Å². The monoisotopic (exact) mass is 347 g/mol. The average molecular weight is 348 g/mol. The zero-order valence-corrected chi connectivity index (χ0v) is 16.1. The van der Waals surface area contributed by atoms with E-state index in [4.69, 9.17) is 4.74 Å². The number of hydrogen-bond donors (Lipinski definition) is 0. The van der Waals surface area contributed by atoms with Gasteiger partial charge in [-0.25, -0.2) is 4.79 Å². The van der Waals surface area contributed by atoms with Crippen molar-refractivity contribution in [3.63, 3.8) is 0 Å². The first-order valence-corrected chi connectivity index (χ1v) is 9.88. The van der Waals surface area contributed by atoms with Crippen molar-refractivity contribution >= 4 is 23.9 Å². The van der Waals surface area contributed by atoms with Crippen molar-refractivity contribution in [3.05, 3.63) is 35.9 Å². The second-order valence-corrected chi connectivity index (χ2v) is 8.23. The number of ether oxygens (including phenoxy) is 1. The zero-order chi connectivity index (χ0) is 17.6. The fourth-order valence-electron chi connectivity index (χ4n) is 2.86. The maximum atomic E-state index is 12.2. The molecule has 24 heavy (non-hydrogen) atoms. The minimum Gasteiger partial charge on any atom is -0.444 e. The summed E-state index contributed by atoms with van der Waals surface area (Å²) >= 11 is 1.76. The number of thioether (sulfide) groups is 1. The molecule has 4 heteroatoms. The van der Waals surface area contributed by atoms with E-state index < -0.39 is 5.60 Å². The molecule has 3 nitrogen and oxygen atoms in total.